The van der Waals surface area contributed by atoms with Crippen LogP contribution in [-0.2, 0) is 13.0 Å². The van der Waals surface area contributed by atoms with Crippen molar-refractivity contribution < 1.29 is 10.0 Å². The maximum Gasteiger partial charge on any atom is 0.276 e. The van der Waals surface area contributed by atoms with E-state index in [9.17, 15) is 4.79 Å². The Bertz CT molecular complexity index is 512. The van der Waals surface area contributed by atoms with Gasteiger partial charge in [-0.05, 0) is 36.8 Å². The van der Waals surface area contributed by atoms with Crippen molar-refractivity contribution in [3.8, 4) is 0 Å². The van der Waals surface area contributed by atoms with Crippen molar-refractivity contribution >= 4 is 5.91 Å². The Morgan fingerprint density at radius 3 is 2.95 bits per heavy atom. The number of nitrogens with one attached hydrogen (secondary N) is 1. The number of amides is 1. The molecule has 0 atom stereocenters. The SMILES string of the molecule is O=C(NO)c1cnc2c(c1)CCN(CC1CCCCC1)C2. The summed E-state index contributed by atoms with van der Waals surface area (Å²) >= 11 is 0. The summed E-state index contributed by atoms with van der Waals surface area (Å²) in [6.07, 6.45) is 9.38. The molecule has 0 saturated heterocycles. The van der Waals surface area contributed by atoms with Gasteiger partial charge in [-0.3, -0.25) is 19.9 Å². The minimum absolute atomic E-state index is 0.428. The maximum atomic E-state index is 11.4. The van der Waals surface area contributed by atoms with Crippen molar-refractivity contribution in [1.82, 2.24) is 15.4 Å². The van der Waals surface area contributed by atoms with E-state index in [0.717, 1.165) is 36.7 Å². The summed E-state index contributed by atoms with van der Waals surface area (Å²) in [7, 11) is 0. The van der Waals surface area contributed by atoms with Gasteiger partial charge in [-0.1, -0.05) is 19.3 Å². The van der Waals surface area contributed by atoms with E-state index in [4.69, 9.17) is 5.21 Å². The van der Waals surface area contributed by atoms with Crippen LogP contribution in [0.4, 0.5) is 0 Å². The lowest BCUT2D eigenvalue weighted by atomic mass is 9.88. The van der Waals surface area contributed by atoms with Gasteiger partial charge in [0.15, 0.2) is 0 Å². The molecule has 21 heavy (non-hydrogen) atoms. The van der Waals surface area contributed by atoms with Crippen LogP contribution in [0, 0.1) is 5.92 Å². The standard InChI is InChI=1S/C16H23N3O2/c20-16(18-21)14-8-13-6-7-19(11-15(13)17-9-14)10-12-4-2-1-3-5-12/h8-9,12,21H,1-7,10-11H2,(H,18,20). The van der Waals surface area contributed by atoms with Gasteiger partial charge in [0, 0.05) is 25.8 Å². The van der Waals surface area contributed by atoms with E-state index in [1.54, 1.807) is 11.7 Å². The lowest BCUT2D eigenvalue weighted by Crippen LogP contribution is -2.36. The quantitative estimate of drug-likeness (QED) is 0.661. The third-order valence-electron chi connectivity index (χ3n) is 4.74. The molecular weight excluding hydrogens is 266 g/mol. The number of carbonyl (C=O) groups is 1. The summed E-state index contributed by atoms with van der Waals surface area (Å²) < 4.78 is 0. The average Bonchev–Trinajstić information content (AvgIpc) is 2.54. The number of carbonyl (C=O) groups excluding carboxylic acids is 1. The van der Waals surface area contributed by atoms with E-state index in [1.165, 1.54) is 38.6 Å². The summed E-state index contributed by atoms with van der Waals surface area (Å²) in [6, 6.07) is 1.85. The third-order valence-corrected chi connectivity index (χ3v) is 4.74. The van der Waals surface area contributed by atoms with E-state index in [-0.39, 0.29) is 0 Å². The maximum absolute atomic E-state index is 11.4. The van der Waals surface area contributed by atoms with Gasteiger partial charge in [0.1, 0.15) is 0 Å². The fourth-order valence-corrected chi connectivity index (χ4v) is 3.55. The predicted octanol–water partition coefficient (Wildman–Crippen LogP) is 2.14. The number of rotatable bonds is 3. The second-order valence-electron chi connectivity index (χ2n) is 6.26. The topological polar surface area (TPSA) is 65.5 Å². The van der Waals surface area contributed by atoms with Crippen molar-refractivity contribution in [2.75, 3.05) is 13.1 Å². The molecule has 0 bridgehead atoms. The van der Waals surface area contributed by atoms with Crippen LogP contribution >= 0.6 is 0 Å². The number of fused-ring (bicyclic) bond motifs is 1. The monoisotopic (exact) mass is 289 g/mol. The third kappa shape index (κ3) is 3.41. The van der Waals surface area contributed by atoms with Crippen molar-refractivity contribution in [2.45, 2.75) is 45.1 Å². The van der Waals surface area contributed by atoms with Gasteiger partial charge in [0.05, 0.1) is 11.3 Å². The van der Waals surface area contributed by atoms with Crippen LogP contribution in [0.1, 0.15) is 53.7 Å². The van der Waals surface area contributed by atoms with Crippen molar-refractivity contribution in [2.24, 2.45) is 5.92 Å². The van der Waals surface area contributed by atoms with Crippen molar-refractivity contribution in [3.63, 3.8) is 0 Å². The van der Waals surface area contributed by atoms with E-state index in [1.807, 2.05) is 6.07 Å². The van der Waals surface area contributed by atoms with Crippen LogP contribution in [0.25, 0.3) is 0 Å². The largest absolute Gasteiger partial charge is 0.297 e. The molecule has 1 amide bonds. The molecule has 5 heteroatoms. The molecule has 0 radical (unpaired) electrons. The lowest BCUT2D eigenvalue weighted by molar-refractivity contribution is 0.0705. The van der Waals surface area contributed by atoms with Crippen LogP contribution in [0.15, 0.2) is 12.3 Å². The Balaban J connectivity index is 1.64. The lowest BCUT2D eigenvalue weighted by Gasteiger charge is -2.32. The molecule has 2 aliphatic rings. The first kappa shape index (κ1) is 14.5. The molecule has 0 unspecified atom stereocenters. The normalized spacial score (nSPS) is 20.0. The first-order valence-corrected chi connectivity index (χ1v) is 7.91. The first-order chi connectivity index (χ1) is 10.3. The van der Waals surface area contributed by atoms with Crippen LogP contribution in [0.3, 0.4) is 0 Å². The molecule has 1 aromatic heterocycles. The zero-order chi connectivity index (χ0) is 14.7. The fourth-order valence-electron chi connectivity index (χ4n) is 3.55. The van der Waals surface area contributed by atoms with Gasteiger partial charge in [-0.2, -0.15) is 0 Å². The minimum atomic E-state index is -0.491. The molecule has 3 rings (SSSR count). The van der Waals surface area contributed by atoms with E-state index in [2.05, 4.69) is 9.88 Å². The first-order valence-electron chi connectivity index (χ1n) is 7.91. The van der Waals surface area contributed by atoms with Gasteiger partial charge in [-0.15, -0.1) is 0 Å². The molecular formula is C16H23N3O2. The van der Waals surface area contributed by atoms with E-state index >= 15 is 0 Å². The number of nitrogens with zero attached hydrogens (tertiary/aromatic N) is 2. The Labute approximate surface area is 125 Å². The summed E-state index contributed by atoms with van der Waals surface area (Å²) in [5, 5.41) is 8.68. The fraction of sp³-hybridized carbons (Fsp3) is 0.625. The summed E-state index contributed by atoms with van der Waals surface area (Å²) in [5.74, 6) is 0.356. The summed E-state index contributed by atoms with van der Waals surface area (Å²) in [5.41, 5.74) is 4.30. The molecule has 1 fully saturated rings. The molecule has 5 nitrogen and oxygen atoms in total. The predicted molar refractivity (Wildman–Crippen MR) is 79.0 cm³/mol. The van der Waals surface area contributed by atoms with Crippen LogP contribution in [0.5, 0.6) is 0 Å². The smallest absolute Gasteiger partial charge is 0.276 e. The zero-order valence-electron chi connectivity index (χ0n) is 12.3. The Kier molecular flexibility index (Phi) is 4.51. The number of hydrogen-bond acceptors (Lipinski definition) is 4. The van der Waals surface area contributed by atoms with Crippen molar-refractivity contribution in [3.05, 3.63) is 29.1 Å². The molecule has 0 aromatic carbocycles. The average molecular weight is 289 g/mol. The molecule has 114 valence electrons. The molecule has 2 heterocycles. The highest BCUT2D eigenvalue weighted by Crippen LogP contribution is 2.26. The second kappa shape index (κ2) is 6.54. The van der Waals surface area contributed by atoms with Crippen molar-refractivity contribution in [1.29, 1.82) is 0 Å². The highest BCUT2D eigenvalue weighted by Gasteiger charge is 2.22. The summed E-state index contributed by atoms with van der Waals surface area (Å²) in [6.45, 7) is 3.10. The van der Waals surface area contributed by atoms with Gasteiger partial charge in [-0.25, -0.2) is 5.48 Å². The van der Waals surface area contributed by atoms with Gasteiger partial charge in [0.2, 0.25) is 0 Å². The molecule has 0 spiro atoms. The highest BCUT2D eigenvalue weighted by molar-refractivity contribution is 5.93. The van der Waals surface area contributed by atoms with Gasteiger partial charge >= 0.3 is 0 Å². The number of aromatic nitrogens is 1. The highest BCUT2D eigenvalue weighted by atomic mass is 16.5. The second-order valence-corrected chi connectivity index (χ2v) is 6.26. The summed E-state index contributed by atoms with van der Waals surface area (Å²) in [4.78, 5) is 18.3. The number of hydrogen-bond donors (Lipinski definition) is 2. The number of hydroxylamine groups is 1. The van der Waals surface area contributed by atoms with E-state index in [0.29, 0.717) is 5.56 Å². The van der Waals surface area contributed by atoms with E-state index < -0.39 is 5.91 Å². The van der Waals surface area contributed by atoms with Gasteiger partial charge < -0.3 is 0 Å². The molecule has 1 aromatic rings. The van der Waals surface area contributed by atoms with Gasteiger partial charge in [0.25, 0.3) is 5.91 Å². The molecule has 1 aliphatic carbocycles. The Morgan fingerprint density at radius 1 is 1.38 bits per heavy atom. The zero-order valence-corrected chi connectivity index (χ0v) is 12.3. The Hall–Kier alpha value is -1.46. The Morgan fingerprint density at radius 2 is 2.19 bits per heavy atom. The van der Waals surface area contributed by atoms with Crippen LogP contribution in [0.2, 0.25) is 0 Å². The minimum Gasteiger partial charge on any atom is -0.297 e. The number of pyridine rings is 1. The molecule has 1 aliphatic heterocycles. The van der Waals surface area contributed by atoms with Crippen LogP contribution in [-0.4, -0.2) is 34.1 Å². The molecule has 1 saturated carbocycles. The van der Waals surface area contributed by atoms with Crippen LogP contribution < -0.4 is 5.48 Å². The molecule has 2 N–H and O–H groups in total.